The first-order valence-corrected chi connectivity index (χ1v) is 6.35. The van der Waals surface area contributed by atoms with Crippen LogP contribution in [0.1, 0.15) is 18.4 Å². The van der Waals surface area contributed by atoms with Crippen molar-refractivity contribution in [3.8, 4) is 0 Å². The molecule has 0 aliphatic carbocycles. The highest BCUT2D eigenvalue weighted by Gasteiger charge is 2.17. The molecule has 18 heavy (non-hydrogen) atoms. The minimum atomic E-state index is 0.259. The monoisotopic (exact) mass is 267 g/mol. The van der Waals surface area contributed by atoms with Gasteiger partial charge in [0, 0.05) is 18.7 Å². The molecule has 1 aliphatic rings. The van der Waals surface area contributed by atoms with Crippen molar-refractivity contribution in [1.82, 2.24) is 19.6 Å². The van der Waals surface area contributed by atoms with Crippen LogP contribution in [0, 0.1) is 6.92 Å². The van der Waals surface area contributed by atoms with Gasteiger partial charge in [-0.2, -0.15) is 19.6 Å². The molecule has 0 radical (unpaired) electrons. The summed E-state index contributed by atoms with van der Waals surface area (Å²) < 4.78 is 7.24. The van der Waals surface area contributed by atoms with Gasteiger partial charge in [0.2, 0.25) is 0 Å². The van der Waals surface area contributed by atoms with E-state index in [0.29, 0.717) is 10.9 Å². The van der Waals surface area contributed by atoms with Crippen molar-refractivity contribution in [2.24, 2.45) is 0 Å². The van der Waals surface area contributed by atoms with E-state index in [1.54, 1.807) is 4.52 Å². The van der Waals surface area contributed by atoms with Crippen molar-refractivity contribution < 1.29 is 4.74 Å². The molecule has 1 saturated heterocycles. The zero-order valence-electron chi connectivity index (χ0n) is 10.1. The maximum absolute atomic E-state index is 6.08. The maximum Gasteiger partial charge on any atom is 0.255 e. The lowest BCUT2D eigenvalue weighted by molar-refractivity contribution is 0.120. The van der Waals surface area contributed by atoms with Gasteiger partial charge in [-0.1, -0.05) is 11.6 Å². The van der Waals surface area contributed by atoms with Gasteiger partial charge in [-0.05, 0) is 19.8 Å². The highest BCUT2D eigenvalue weighted by atomic mass is 35.5. The topological polar surface area (TPSA) is 64.3 Å². The third-order valence-electron chi connectivity index (χ3n) is 3.13. The molecular weight excluding hydrogens is 254 g/mol. The molecule has 3 heterocycles. The molecule has 1 unspecified atom stereocenters. The Balaban J connectivity index is 1.89. The summed E-state index contributed by atoms with van der Waals surface area (Å²) in [4.78, 5) is 8.21. The standard InChI is InChI=1S/C11H14ClN5O/c1-7-9(12)16-11-14-6-15-17(11)10(7)13-5-8-3-2-4-18-8/h6,8,13H,2-5H2,1H3. The molecule has 0 bridgehead atoms. The van der Waals surface area contributed by atoms with Crippen LogP contribution in [0.4, 0.5) is 5.82 Å². The summed E-state index contributed by atoms with van der Waals surface area (Å²) in [6.45, 7) is 3.51. The third kappa shape index (κ3) is 2.02. The van der Waals surface area contributed by atoms with E-state index in [4.69, 9.17) is 16.3 Å². The molecule has 2 aromatic rings. The highest BCUT2D eigenvalue weighted by Crippen LogP contribution is 2.22. The van der Waals surface area contributed by atoms with Crippen molar-refractivity contribution in [3.63, 3.8) is 0 Å². The minimum absolute atomic E-state index is 0.259. The lowest BCUT2D eigenvalue weighted by Gasteiger charge is -2.14. The lowest BCUT2D eigenvalue weighted by atomic mass is 10.2. The first-order valence-electron chi connectivity index (χ1n) is 5.97. The van der Waals surface area contributed by atoms with Crippen LogP contribution < -0.4 is 5.32 Å². The second kappa shape index (κ2) is 4.70. The maximum atomic E-state index is 6.08. The van der Waals surface area contributed by atoms with Gasteiger partial charge < -0.3 is 10.1 Å². The van der Waals surface area contributed by atoms with E-state index in [2.05, 4.69) is 20.4 Å². The fourth-order valence-electron chi connectivity index (χ4n) is 2.12. The normalized spacial score (nSPS) is 19.6. The molecule has 1 fully saturated rings. The first kappa shape index (κ1) is 11.7. The number of nitrogens with zero attached hydrogens (tertiary/aromatic N) is 4. The Morgan fingerprint density at radius 3 is 3.28 bits per heavy atom. The summed E-state index contributed by atoms with van der Waals surface area (Å²) >= 11 is 6.08. The molecule has 0 saturated carbocycles. The van der Waals surface area contributed by atoms with Crippen molar-refractivity contribution in [2.45, 2.75) is 25.9 Å². The van der Waals surface area contributed by atoms with Gasteiger partial charge in [0.25, 0.3) is 5.78 Å². The zero-order chi connectivity index (χ0) is 12.5. The number of fused-ring (bicyclic) bond motifs is 1. The number of hydrogen-bond donors (Lipinski definition) is 1. The van der Waals surface area contributed by atoms with Gasteiger partial charge in [-0.3, -0.25) is 0 Å². The summed E-state index contributed by atoms with van der Waals surface area (Å²) in [7, 11) is 0. The molecule has 1 aliphatic heterocycles. The predicted molar refractivity (Wildman–Crippen MR) is 68.0 cm³/mol. The first-order chi connectivity index (χ1) is 8.75. The minimum Gasteiger partial charge on any atom is -0.376 e. The van der Waals surface area contributed by atoms with Gasteiger partial charge in [0.15, 0.2) is 0 Å². The third-order valence-corrected chi connectivity index (χ3v) is 3.49. The Bertz CT molecular complexity index is 564. The fraction of sp³-hybridized carbons (Fsp3) is 0.545. The molecule has 0 aromatic carbocycles. The van der Waals surface area contributed by atoms with Crippen LogP contribution in [0.5, 0.6) is 0 Å². The van der Waals surface area contributed by atoms with E-state index in [1.807, 2.05) is 6.92 Å². The second-order valence-electron chi connectivity index (χ2n) is 4.36. The zero-order valence-corrected chi connectivity index (χ0v) is 10.8. The van der Waals surface area contributed by atoms with Crippen molar-refractivity contribution >= 4 is 23.2 Å². The fourth-order valence-corrected chi connectivity index (χ4v) is 2.29. The second-order valence-corrected chi connectivity index (χ2v) is 4.72. The van der Waals surface area contributed by atoms with Gasteiger partial charge in [0.1, 0.15) is 17.3 Å². The summed E-state index contributed by atoms with van der Waals surface area (Å²) in [6.07, 6.45) is 3.94. The number of ether oxygens (including phenoxy) is 1. The van der Waals surface area contributed by atoms with E-state index < -0.39 is 0 Å². The quantitative estimate of drug-likeness (QED) is 0.857. The molecule has 2 aromatic heterocycles. The molecule has 1 atom stereocenters. The van der Waals surface area contributed by atoms with E-state index in [-0.39, 0.29) is 6.10 Å². The molecular formula is C11H14ClN5O. The Hall–Kier alpha value is -1.40. The predicted octanol–water partition coefficient (Wildman–Crippen LogP) is 1.68. The molecule has 7 heteroatoms. The number of halogens is 1. The van der Waals surface area contributed by atoms with E-state index in [1.165, 1.54) is 6.33 Å². The number of anilines is 1. The molecule has 96 valence electrons. The summed E-state index contributed by atoms with van der Waals surface area (Å²) in [5.41, 5.74) is 0.868. The average molecular weight is 268 g/mol. The molecule has 6 nitrogen and oxygen atoms in total. The van der Waals surface area contributed by atoms with Crippen LogP contribution in [0.15, 0.2) is 6.33 Å². The number of rotatable bonds is 3. The van der Waals surface area contributed by atoms with Gasteiger partial charge >= 0.3 is 0 Å². The summed E-state index contributed by atoms with van der Waals surface area (Å²) in [5.74, 6) is 1.33. The largest absolute Gasteiger partial charge is 0.376 e. The molecule has 0 amide bonds. The average Bonchev–Trinajstić information content (AvgIpc) is 3.00. The van der Waals surface area contributed by atoms with Crippen LogP contribution in [0.3, 0.4) is 0 Å². The number of nitrogens with one attached hydrogen (secondary N) is 1. The summed E-state index contributed by atoms with van der Waals surface area (Å²) in [5, 5.41) is 7.93. The van der Waals surface area contributed by atoms with Gasteiger partial charge in [-0.15, -0.1) is 0 Å². The summed E-state index contributed by atoms with van der Waals surface area (Å²) in [6, 6.07) is 0. The SMILES string of the molecule is Cc1c(Cl)nc2ncnn2c1NCC1CCCO1. The molecule has 1 N–H and O–H groups in total. The van der Waals surface area contributed by atoms with Crippen LogP contribution in [0.2, 0.25) is 5.15 Å². The van der Waals surface area contributed by atoms with Crippen LogP contribution in [0.25, 0.3) is 5.78 Å². The molecule has 0 spiro atoms. The Kier molecular flexibility index (Phi) is 3.05. The Morgan fingerprint density at radius 2 is 2.50 bits per heavy atom. The van der Waals surface area contributed by atoms with E-state index in [9.17, 15) is 0 Å². The van der Waals surface area contributed by atoms with Gasteiger partial charge in [-0.25, -0.2) is 0 Å². The number of hydrogen-bond acceptors (Lipinski definition) is 5. The van der Waals surface area contributed by atoms with Crippen molar-refractivity contribution in [2.75, 3.05) is 18.5 Å². The number of aromatic nitrogens is 4. The Morgan fingerprint density at radius 1 is 1.61 bits per heavy atom. The van der Waals surface area contributed by atoms with Crippen molar-refractivity contribution in [1.29, 1.82) is 0 Å². The van der Waals surface area contributed by atoms with Crippen LogP contribution in [-0.4, -0.2) is 38.8 Å². The lowest BCUT2D eigenvalue weighted by Crippen LogP contribution is -2.20. The van der Waals surface area contributed by atoms with Crippen molar-refractivity contribution in [3.05, 3.63) is 17.0 Å². The van der Waals surface area contributed by atoms with E-state index in [0.717, 1.165) is 37.4 Å². The van der Waals surface area contributed by atoms with Crippen LogP contribution in [-0.2, 0) is 4.74 Å². The highest BCUT2D eigenvalue weighted by molar-refractivity contribution is 6.30. The molecule has 3 rings (SSSR count). The van der Waals surface area contributed by atoms with Crippen LogP contribution >= 0.6 is 11.6 Å². The Labute approximate surface area is 109 Å². The van der Waals surface area contributed by atoms with Gasteiger partial charge in [0.05, 0.1) is 6.10 Å². The smallest absolute Gasteiger partial charge is 0.255 e. The van der Waals surface area contributed by atoms with E-state index >= 15 is 0 Å².